The van der Waals surface area contributed by atoms with Crippen LogP contribution in [0.25, 0.3) is 0 Å². The summed E-state index contributed by atoms with van der Waals surface area (Å²) in [5, 5.41) is 3.74. The van der Waals surface area contributed by atoms with Crippen molar-refractivity contribution in [2.75, 3.05) is 10.6 Å². The van der Waals surface area contributed by atoms with E-state index in [1.807, 2.05) is 0 Å². The Kier molecular flexibility index (Phi) is 7.78. The van der Waals surface area contributed by atoms with Crippen LogP contribution < -0.4 is 9.62 Å². The summed E-state index contributed by atoms with van der Waals surface area (Å²) in [6.07, 6.45) is 9.27. The fraction of sp³-hybridized carbons (Fsp3) is 0.435. The summed E-state index contributed by atoms with van der Waals surface area (Å²) in [6, 6.07) is 14.0. The lowest BCUT2D eigenvalue weighted by molar-refractivity contribution is 0.0930. The van der Waals surface area contributed by atoms with Gasteiger partial charge in [-0.15, -0.1) is 0 Å². The number of amides is 1. The second-order valence-corrected chi connectivity index (χ2v) is 10.3. The zero-order valence-electron chi connectivity index (χ0n) is 17.3. The first-order valence-electron chi connectivity index (χ1n) is 10.5. The monoisotopic (exact) mass is 448 g/mol. The average molecular weight is 449 g/mol. The number of carbonyl (C=O) groups excluding carboxylic acids is 1. The molecule has 1 amide bonds. The van der Waals surface area contributed by atoms with E-state index in [2.05, 4.69) is 5.32 Å². The molecular weight excluding hydrogens is 420 g/mol. The largest absolute Gasteiger partial charge is 0.349 e. The van der Waals surface area contributed by atoms with Crippen LogP contribution in [0.1, 0.15) is 60.9 Å². The summed E-state index contributed by atoms with van der Waals surface area (Å²) in [5.74, 6) is -0.101. The van der Waals surface area contributed by atoms with Crippen molar-refractivity contribution in [3.63, 3.8) is 0 Å². The summed E-state index contributed by atoms with van der Waals surface area (Å²) >= 11 is 5.92. The Morgan fingerprint density at radius 3 is 2.10 bits per heavy atom. The molecule has 0 spiro atoms. The number of rotatable bonds is 6. The Hall–Kier alpha value is -2.05. The summed E-state index contributed by atoms with van der Waals surface area (Å²) in [4.78, 5) is 12.7. The lowest BCUT2D eigenvalue weighted by Crippen LogP contribution is -2.35. The first-order valence-corrected chi connectivity index (χ1v) is 12.7. The molecule has 0 heterocycles. The van der Waals surface area contributed by atoms with Crippen molar-refractivity contribution in [2.45, 2.75) is 57.5 Å². The summed E-state index contributed by atoms with van der Waals surface area (Å²) in [5.41, 5.74) is 1.90. The molecular formula is C23H29ClN2O3S. The molecule has 0 atom stereocenters. The maximum atomic E-state index is 12.7. The predicted octanol–water partition coefficient (Wildman–Crippen LogP) is 5.15. The zero-order valence-corrected chi connectivity index (χ0v) is 18.9. The van der Waals surface area contributed by atoms with Gasteiger partial charge in [-0.2, -0.15) is 0 Å². The number of halogens is 1. The van der Waals surface area contributed by atoms with Gasteiger partial charge >= 0.3 is 0 Å². The lowest BCUT2D eigenvalue weighted by atomic mass is 9.96. The molecule has 5 nitrogen and oxygen atoms in total. The number of hydrogen-bond acceptors (Lipinski definition) is 3. The topological polar surface area (TPSA) is 66.5 Å². The summed E-state index contributed by atoms with van der Waals surface area (Å²) in [7, 11) is -3.49. The Balaban J connectivity index is 1.71. The van der Waals surface area contributed by atoms with Crippen molar-refractivity contribution in [3.8, 4) is 0 Å². The van der Waals surface area contributed by atoms with Gasteiger partial charge in [0.15, 0.2) is 0 Å². The van der Waals surface area contributed by atoms with Crippen LogP contribution in [0.5, 0.6) is 0 Å². The van der Waals surface area contributed by atoms with E-state index in [-0.39, 0.29) is 18.5 Å². The van der Waals surface area contributed by atoms with Crippen LogP contribution in [0, 0.1) is 0 Å². The highest BCUT2D eigenvalue weighted by atomic mass is 35.5. The van der Waals surface area contributed by atoms with Crippen LogP contribution in [0.2, 0.25) is 5.02 Å². The Labute approximate surface area is 184 Å². The molecule has 1 N–H and O–H groups in total. The van der Waals surface area contributed by atoms with Crippen LogP contribution in [-0.4, -0.2) is 26.6 Å². The molecule has 1 aliphatic rings. The van der Waals surface area contributed by atoms with E-state index in [9.17, 15) is 13.2 Å². The molecule has 30 heavy (non-hydrogen) atoms. The maximum absolute atomic E-state index is 12.7. The third-order valence-corrected chi connectivity index (χ3v) is 6.89. The number of sulfonamides is 1. The molecule has 0 bridgehead atoms. The highest BCUT2D eigenvalue weighted by Gasteiger charge is 2.19. The molecule has 0 aliphatic heterocycles. The average Bonchev–Trinajstić information content (AvgIpc) is 2.68. The van der Waals surface area contributed by atoms with Gasteiger partial charge < -0.3 is 5.32 Å². The molecule has 1 fully saturated rings. The number of carbonyl (C=O) groups is 1. The van der Waals surface area contributed by atoms with Gasteiger partial charge in [-0.3, -0.25) is 9.10 Å². The number of hydrogen-bond donors (Lipinski definition) is 1. The standard InChI is InChI=1S/C23H29ClN2O3S/c1-30(28,29)26(17-18-9-13-20(24)14-10-18)22-15-11-19(12-16-22)23(27)25-21-7-5-3-2-4-6-8-21/h9-16,21H,2-8,17H2,1H3,(H,25,27). The second kappa shape index (κ2) is 10.3. The highest BCUT2D eigenvalue weighted by Crippen LogP contribution is 2.23. The zero-order chi connectivity index (χ0) is 21.6. The molecule has 2 aromatic rings. The van der Waals surface area contributed by atoms with Crippen LogP contribution in [-0.2, 0) is 16.6 Å². The van der Waals surface area contributed by atoms with Crippen LogP contribution in [0.3, 0.4) is 0 Å². The minimum absolute atomic E-state index is 0.101. The van der Waals surface area contributed by atoms with Gasteiger partial charge in [0.25, 0.3) is 5.91 Å². The number of anilines is 1. The minimum atomic E-state index is -3.49. The van der Waals surface area contributed by atoms with E-state index in [0.29, 0.717) is 16.3 Å². The molecule has 0 radical (unpaired) electrons. The van der Waals surface area contributed by atoms with Gasteiger partial charge in [0, 0.05) is 16.6 Å². The van der Waals surface area contributed by atoms with Gasteiger partial charge in [-0.25, -0.2) is 8.42 Å². The van der Waals surface area contributed by atoms with E-state index in [1.165, 1.54) is 29.8 Å². The third kappa shape index (κ3) is 6.47. The normalized spacial score (nSPS) is 15.8. The molecule has 2 aromatic carbocycles. The Morgan fingerprint density at radius 2 is 1.53 bits per heavy atom. The number of nitrogens with one attached hydrogen (secondary N) is 1. The number of nitrogens with zero attached hydrogens (tertiary/aromatic N) is 1. The molecule has 162 valence electrons. The van der Waals surface area contributed by atoms with Gasteiger partial charge in [-0.05, 0) is 54.8 Å². The Bertz CT molecular complexity index is 935. The molecule has 1 saturated carbocycles. The molecule has 7 heteroatoms. The van der Waals surface area contributed by atoms with Crippen molar-refractivity contribution < 1.29 is 13.2 Å². The van der Waals surface area contributed by atoms with Gasteiger partial charge in [0.05, 0.1) is 18.5 Å². The number of benzene rings is 2. The molecule has 0 saturated heterocycles. The van der Waals surface area contributed by atoms with Crippen molar-refractivity contribution in [2.24, 2.45) is 0 Å². The van der Waals surface area contributed by atoms with E-state index >= 15 is 0 Å². The van der Waals surface area contributed by atoms with E-state index in [0.717, 1.165) is 31.2 Å². The second-order valence-electron chi connectivity index (χ2n) is 7.96. The van der Waals surface area contributed by atoms with Crippen molar-refractivity contribution >= 4 is 33.2 Å². The van der Waals surface area contributed by atoms with Crippen molar-refractivity contribution in [3.05, 3.63) is 64.7 Å². The van der Waals surface area contributed by atoms with Crippen LogP contribution in [0.15, 0.2) is 48.5 Å². The van der Waals surface area contributed by atoms with Gasteiger partial charge in [0.1, 0.15) is 0 Å². The SMILES string of the molecule is CS(=O)(=O)N(Cc1ccc(Cl)cc1)c1ccc(C(=O)NC2CCCCCCC2)cc1. The lowest BCUT2D eigenvalue weighted by Gasteiger charge is -2.23. The van der Waals surface area contributed by atoms with Crippen LogP contribution >= 0.6 is 11.6 Å². The van der Waals surface area contributed by atoms with Gasteiger partial charge in [-0.1, -0.05) is 55.8 Å². The van der Waals surface area contributed by atoms with E-state index < -0.39 is 10.0 Å². The fourth-order valence-electron chi connectivity index (χ4n) is 3.80. The smallest absolute Gasteiger partial charge is 0.251 e. The van der Waals surface area contributed by atoms with Crippen molar-refractivity contribution in [1.82, 2.24) is 5.32 Å². The third-order valence-electron chi connectivity index (χ3n) is 5.50. The van der Waals surface area contributed by atoms with E-state index in [1.54, 1.807) is 48.5 Å². The highest BCUT2D eigenvalue weighted by molar-refractivity contribution is 7.92. The van der Waals surface area contributed by atoms with E-state index in [4.69, 9.17) is 11.6 Å². The maximum Gasteiger partial charge on any atom is 0.251 e. The van der Waals surface area contributed by atoms with Crippen molar-refractivity contribution in [1.29, 1.82) is 0 Å². The summed E-state index contributed by atoms with van der Waals surface area (Å²) in [6.45, 7) is 0.198. The fourth-order valence-corrected chi connectivity index (χ4v) is 4.82. The first kappa shape index (κ1) is 22.6. The van der Waals surface area contributed by atoms with Gasteiger partial charge in [0.2, 0.25) is 10.0 Å². The predicted molar refractivity (Wildman–Crippen MR) is 122 cm³/mol. The van der Waals surface area contributed by atoms with Crippen LogP contribution in [0.4, 0.5) is 5.69 Å². The molecule has 1 aliphatic carbocycles. The molecule has 3 rings (SSSR count). The summed E-state index contributed by atoms with van der Waals surface area (Å²) < 4.78 is 26.1. The minimum Gasteiger partial charge on any atom is -0.349 e. The molecule has 0 aromatic heterocycles. The Morgan fingerprint density at radius 1 is 0.967 bits per heavy atom. The quantitative estimate of drug-likeness (QED) is 0.664. The molecule has 0 unspecified atom stereocenters. The first-order chi connectivity index (χ1) is 14.3.